The van der Waals surface area contributed by atoms with Crippen LogP contribution in [0.5, 0.6) is 0 Å². The highest BCUT2D eigenvalue weighted by atomic mass is 127. The Morgan fingerprint density at radius 2 is 1.97 bits per heavy atom. The van der Waals surface area contributed by atoms with Gasteiger partial charge in [-0.15, -0.1) is 0 Å². The fourth-order valence-corrected chi connectivity index (χ4v) is 9.24. The van der Waals surface area contributed by atoms with Gasteiger partial charge in [-0.2, -0.15) is 0 Å². The Kier molecular flexibility index (Phi) is 6.22. The number of hydrogen-bond donors (Lipinski definition) is 1. The zero-order valence-corrected chi connectivity index (χ0v) is 22.0. The SMILES string of the molecule is CC(=O)OC1(C(=O)SCI)C(C)CC2C3CC(F)C4=CC(=O)C=CC4(C)C3(F)C(O)CC21C. The lowest BCUT2D eigenvalue weighted by molar-refractivity contribution is -0.228. The number of alkyl halides is 3. The first-order valence-corrected chi connectivity index (χ1v) is 13.7. The van der Waals surface area contributed by atoms with E-state index in [9.17, 15) is 19.5 Å². The largest absolute Gasteiger partial charge is 0.449 e. The molecule has 9 heteroatoms. The van der Waals surface area contributed by atoms with Crippen molar-refractivity contribution in [2.75, 3.05) is 3.76 Å². The summed E-state index contributed by atoms with van der Waals surface area (Å²) in [6.45, 7) is 6.37. The van der Waals surface area contributed by atoms with E-state index in [-0.39, 0.29) is 23.5 Å². The van der Waals surface area contributed by atoms with Crippen LogP contribution < -0.4 is 0 Å². The lowest BCUT2D eigenvalue weighted by Gasteiger charge is -2.63. The average Bonchev–Trinajstić information content (AvgIpc) is 2.93. The van der Waals surface area contributed by atoms with Gasteiger partial charge in [-0.25, -0.2) is 8.78 Å². The molecule has 0 spiro atoms. The minimum Gasteiger partial charge on any atom is -0.449 e. The zero-order valence-electron chi connectivity index (χ0n) is 19.1. The van der Waals surface area contributed by atoms with Gasteiger partial charge in [-0.05, 0) is 49.8 Å². The van der Waals surface area contributed by atoms with Crippen molar-refractivity contribution in [2.24, 2.45) is 28.6 Å². The first-order chi connectivity index (χ1) is 15.3. The van der Waals surface area contributed by atoms with E-state index in [4.69, 9.17) is 4.74 Å². The molecule has 9 atom stereocenters. The van der Waals surface area contributed by atoms with Crippen LogP contribution in [-0.2, 0) is 19.1 Å². The molecule has 0 aromatic heterocycles. The number of esters is 1. The van der Waals surface area contributed by atoms with Crippen LogP contribution in [0.25, 0.3) is 0 Å². The van der Waals surface area contributed by atoms with Crippen molar-refractivity contribution in [2.45, 2.75) is 70.5 Å². The topological polar surface area (TPSA) is 80.7 Å². The predicted molar refractivity (Wildman–Crippen MR) is 129 cm³/mol. The first-order valence-electron chi connectivity index (χ1n) is 11.2. The second-order valence-electron chi connectivity index (χ2n) is 10.4. The summed E-state index contributed by atoms with van der Waals surface area (Å²) in [5.74, 6) is -2.86. The third kappa shape index (κ3) is 3.13. The number of carbonyl (C=O) groups is 3. The van der Waals surface area contributed by atoms with Gasteiger partial charge in [0.25, 0.3) is 0 Å². The van der Waals surface area contributed by atoms with Crippen LogP contribution in [0, 0.1) is 28.6 Å². The Bertz CT molecular complexity index is 971. The van der Waals surface area contributed by atoms with E-state index in [1.165, 1.54) is 19.1 Å². The Morgan fingerprint density at radius 3 is 2.58 bits per heavy atom. The molecule has 1 N–H and O–H groups in total. The third-order valence-electron chi connectivity index (χ3n) is 8.96. The molecule has 0 heterocycles. The fourth-order valence-electron chi connectivity index (χ4n) is 7.60. The molecule has 0 aliphatic heterocycles. The van der Waals surface area contributed by atoms with E-state index in [0.717, 1.165) is 17.8 Å². The Morgan fingerprint density at radius 1 is 1.30 bits per heavy atom. The molecular weight excluding hydrogens is 565 g/mol. The van der Waals surface area contributed by atoms with E-state index in [1.54, 1.807) is 13.8 Å². The van der Waals surface area contributed by atoms with Crippen LogP contribution in [0.15, 0.2) is 23.8 Å². The number of ether oxygens (including phenoxy) is 1. The third-order valence-corrected chi connectivity index (χ3v) is 10.6. The van der Waals surface area contributed by atoms with Crippen molar-refractivity contribution in [3.05, 3.63) is 23.8 Å². The van der Waals surface area contributed by atoms with Crippen LogP contribution in [0.1, 0.15) is 47.0 Å². The van der Waals surface area contributed by atoms with Crippen molar-refractivity contribution in [3.63, 3.8) is 0 Å². The van der Waals surface area contributed by atoms with E-state index < -0.39 is 63.9 Å². The molecule has 0 bridgehead atoms. The van der Waals surface area contributed by atoms with E-state index in [0.29, 0.717) is 10.2 Å². The molecule has 9 unspecified atom stereocenters. The molecule has 0 aromatic rings. The molecule has 0 aromatic carbocycles. The number of carbonyl (C=O) groups excluding carboxylic acids is 3. The summed E-state index contributed by atoms with van der Waals surface area (Å²) in [4.78, 5) is 37.6. The summed E-state index contributed by atoms with van der Waals surface area (Å²) in [7, 11) is 0. The molecule has 0 amide bonds. The minimum atomic E-state index is -2.23. The number of aliphatic hydroxyl groups excluding tert-OH is 1. The van der Waals surface area contributed by atoms with Gasteiger partial charge >= 0.3 is 5.97 Å². The van der Waals surface area contributed by atoms with Gasteiger partial charge in [0.05, 0.1) is 9.86 Å². The normalized spacial score (nSPS) is 48.4. The first kappa shape index (κ1) is 25.3. The number of halogens is 3. The van der Waals surface area contributed by atoms with Gasteiger partial charge in [-0.3, -0.25) is 14.4 Å². The quantitative estimate of drug-likeness (QED) is 0.295. The average molecular weight is 594 g/mol. The van der Waals surface area contributed by atoms with Gasteiger partial charge in [0, 0.05) is 29.6 Å². The molecule has 3 saturated carbocycles. The molecule has 4 aliphatic rings. The van der Waals surface area contributed by atoms with Crippen molar-refractivity contribution in [3.8, 4) is 0 Å². The molecule has 182 valence electrons. The van der Waals surface area contributed by atoms with Crippen molar-refractivity contribution in [1.82, 2.24) is 0 Å². The molecule has 4 aliphatic carbocycles. The standard InChI is InChI=1S/C24H29F2IO5S/c1-12-7-15-16-9-18(25)17-8-14(29)5-6-21(17,3)23(16,26)19(30)10-22(15,4)24(12,32-13(2)28)20(31)33-11-27/h5-6,8,12,15-16,18-19,30H,7,9-11H2,1-4H3. The van der Waals surface area contributed by atoms with E-state index >= 15 is 8.78 Å². The van der Waals surface area contributed by atoms with Crippen LogP contribution in [0.4, 0.5) is 8.78 Å². The monoisotopic (exact) mass is 594 g/mol. The highest BCUT2D eigenvalue weighted by molar-refractivity contribution is 14.1. The molecule has 33 heavy (non-hydrogen) atoms. The molecule has 4 rings (SSSR count). The number of aliphatic hydroxyl groups is 1. The smallest absolute Gasteiger partial charge is 0.303 e. The van der Waals surface area contributed by atoms with Crippen molar-refractivity contribution >= 4 is 51.2 Å². The molecule has 0 saturated heterocycles. The highest BCUT2D eigenvalue weighted by Crippen LogP contribution is 2.72. The van der Waals surface area contributed by atoms with E-state index in [2.05, 4.69) is 22.6 Å². The van der Waals surface area contributed by atoms with Crippen molar-refractivity contribution < 1.29 is 33.0 Å². The summed E-state index contributed by atoms with van der Waals surface area (Å²) in [6.07, 6.45) is 0.746. The molecule has 0 radical (unpaired) electrons. The van der Waals surface area contributed by atoms with Gasteiger partial charge in [-0.1, -0.05) is 54.3 Å². The number of allylic oxidation sites excluding steroid dienone is 4. The van der Waals surface area contributed by atoms with Gasteiger partial charge < -0.3 is 9.84 Å². The number of ketones is 1. The number of hydrogen-bond acceptors (Lipinski definition) is 6. The van der Waals surface area contributed by atoms with Crippen LogP contribution in [-0.4, -0.2) is 49.3 Å². The van der Waals surface area contributed by atoms with Crippen LogP contribution in [0.2, 0.25) is 0 Å². The van der Waals surface area contributed by atoms with Gasteiger partial charge in [0.15, 0.2) is 17.1 Å². The minimum absolute atomic E-state index is 0.0604. The Balaban J connectivity index is 1.88. The van der Waals surface area contributed by atoms with Gasteiger partial charge in [0.1, 0.15) is 6.17 Å². The van der Waals surface area contributed by atoms with E-state index in [1.807, 2.05) is 6.92 Å². The maximum Gasteiger partial charge on any atom is 0.303 e. The van der Waals surface area contributed by atoms with Gasteiger partial charge in [0.2, 0.25) is 5.12 Å². The van der Waals surface area contributed by atoms with Crippen LogP contribution >= 0.6 is 34.4 Å². The summed E-state index contributed by atoms with van der Waals surface area (Å²) in [5.41, 5.74) is -6.26. The number of rotatable bonds is 3. The summed E-state index contributed by atoms with van der Waals surface area (Å²) >= 11 is 3.09. The second-order valence-corrected chi connectivity index (χ2v) is 13.1. The highest BCUT2D eigenvalue weighted by Gasteiger charge is 2.78. The molecular formula is C24H29F2IO5S. The lowest BCUT2D eigenvalue weighted by atomic mass is 9.44. The maximum absolute atomic E-state index is 17.2. The zero-order chi connectivity index (χ0) is 24.6. The number of thioether (sulfide) groups is 1. The molecule has 3 fully saturated rings. The second kappa shape index (κ2) is 8.11. The maximum atomic E-state index is 17.2. The number of fused-ring (bicyclic) bond motifs is 5. The van der Waals surface area contributed by atoms with Crippen molar-refractivity contribution in [1.29, 1.82) is 0 Å². The summed E-state index contributed by atoms with van der Waals surface area (Å²) in [6, 6.07) is 0. The summed E-state index contributed by atoms with van der Waals surface area (Å²) in [5, 5.41) is 11.1. The fraction of sp³-hybridized carbons (Fsp3) is 0.708. The Labute approximate surface area is 210 Å². The lowest BCUT2D eigenvalue weighted by Crippen LogP contribution is -2.70. The predicted octanol–water partition coefficient (Wildman–Crippen LogP) is 4.51. The molecule has 5 nitrogen and oxygen atoms in total. The van der Waals surface area contributed by atoms with Crippen LogP contribution in [0.3, 0.4) is 0 Å². The summed E-state index contributed by atoms with van der Waals surface area (Å²) < 4.78 is 39.0. The Hall–Kier alpha value is -0.810.